The van der Waals surface area contributed by atoms with Crippen LogP contribution in [0.5, 0.6) is 0 Å². The highest BCUT2D eigenvalue weighted by Gasteiger charge is 2.50. The van der Waals surface area contributed by atoms with E-state index in [1.165, 1.54) is 31.2 Å². The van der Waals surface area contributed by atoms with E-state index in [1.54, 1.807) is 11.8 Å². The van der Waals surface area contributed by atoms with Gasteiger partial charge in [0.2, 0.25) is 5.91 Å². The summed E-state index contributed by atoms with van der Waals surface area (Å²) in [5, 5.41) is 3.38. The van der Waals surface area contributed by atoms with Gasteiger partial charge in [-0.25, -0.2) is 0 Å². The van der Waals surface area contributed by atoms with Crippen LogP contribution in [0, 0.1) is 182 Å². The van der Waals surface area contributed by atoms with Crippen molar-refractivity contribution in [2.24, 2.45) is 23.7 Å². The summed E-state index contributed by atoms with van der Waals surface area (Å²) in [5.41, 5.74) is 13.7. The summed E-state index contributed by atoms with van der Waals surface area (Å²) in [6, 6.07) is 10.9. The lowest BCUT2D eigenvalue weighted by Crippen LogP contribution is -2.49. The van der Waals surface area contributed by atoms with Crippen molar-refractivity contribution in [1.82, 2.24) is 10.2 Å². The van der Waals surface area contributed by atoms with E-state index in [-0.39, 0.29) is 33.6 Å². The number of rotatable bonds is 6. The Hall–Kier alpha value is -8.05. The summed E-state index contributed by atoms with van der Waals surface area (Å²) in [6.07, 6.45) is 15.3. The summed E-state index contributed by atoms with van der Waals surface area (Å²) in [7, 11) is 0. The molecule has 1 saturated heterocycles. The van der Waals surface area contributed by atoms with Crippen LogP contribution in [0.4, 0.5) is 0 Å². The van der Waals surface area contributed by atoms with E-state index in [4.69, 9.17) is 27.4 Å². The standard InChI is InChI=1S/C26H36N2O2.C25H4.HN3.O2.11H2/c29-24(17-28-14-12-19(13-15-28)18-6-2-1-3-7-18)27-25-22-9-5-4-8-21(22)16-23(25)26(30)20-10-11-20;1-3-5-7-9-11-13-15-17-19-21-23-25-24-22-20-18-16-14-12-10-8-6-4-2;1-3-2;1-2;;;;;;;;;;;/h1-3,6-7,19-23,25H,4-5,8-17H2,(H,27,29);1H,2H3;1H;;11*1H. The molecule has 4 fully saturated rings. The summed E-state index contributed by atoms with van der Waals surface area (Å²) in [5.74, 6) is 59.7. The number of carbonyl (C=O) groups excluding carboxylic acids is 2. The van der Waals surface area contributed by atoms with Gasteiger partial charge >= 0.3 is 0 Å². The van der Waals surface area contributed by atoms with Gasteiger partial charge in [0.05, 0.1) is 6.54 Å². The molecule has 1 aromatic rings. The molecule has 0 bridgehead atoms. The number of amides is 1. The Labute approximate surface area is 371 Å². The van der Waals surface area contributed by atoms with E-state index in [0.717, 1.165) is 45.2 Å². The van der Waals surface area contributed by atoms with E-state index in [0.29, 0.717) is 36.0 Å². The monoisotopic (exact) mass is 809 g/mol. The number of benzene rings is 1. The third-order valence-electron chi connectivity index (χ3n) is 9.77. The molecule has 9 heteroatoms. The molecule has 0 spiro atoms. The molecule has 0 radical (unpaired) electrons. The first kappa shape index (κ1) is 48.1. The zero-order valence-electron chi connectivity index (χ0n) is 33.4. The van der Waals surface area contributed by atoms with Crippen LogP contribution in [-0.4, -0.2) is 42.3 Å². The van der Waals surface area contributed by atoms with Gasteiger partial charge in [0.25, 0.3) is 0 Å². The summed E-state index contributed by atoms with van der Waals surface area (Å²) in [4.78, 5) is 44.0. The van der Waals surface area contributed by atoms with Crippen LogP contribution in [0.3, 0.4) is 0 Å². The van der Waals surface area contributed by atoms with Crippen LogP contribution in [0.15, 0.2) is 30.3 Å². The topological polar surface area (TPSA) is 144 Å². The minimum Gasteiger partial charge on any atom is -0.351 e. The lowest BCUT2D eigenvalue weighted by atomic mass is 9.80. The maximum atomic E-state index is 13.0. The molecule has 1 amide bonds. The molecule has 3 saturated carbocycles. The highest BCUT2D eigenvalue weighted by atomic mass is 16.7. The van der Waals surface area contributed by atoms with E-state index in [9.17, 15) is 9.59 Å². The normalized spacial score (nSPS) is 18.1. The predicted octanol–water partition coefficient (Wildman–Crippen LogP) is 8.48. The minimum absolute atomic E-state index is 0. The molecular formula is C51H63N5O4. The molecule has 3 aliphatic carbocycles. The zero-order valence-corrected chi connectivity index (χ0v) is 33.4. The maximum Gasteiger partial charge on any atom is 0.234 e. The number of Topliss-reactive ketones (excluding diaryl/α,β-unsaturated/α-hetero) is 1. The highest BCUT2D eigenvalue weighted by molar-refractivity contribution is 5.87. The molecule has 1 aliphatic heterocycles. The van der Waals surface area contributed by atoms with Gasteiger partial charge in [-0.05, 0) is 187 Å². The van der Waals surface area contributed by atoms with E-state index < -0.39 is 0 Å². The molecule has 316 valence electrons. The van der Waals surface area contributed by atoms with Crippen molar-refractivity contribution in [2.75, 3.05) is 19.6 Å². The minimum atomic E-state index is 0. The first-order valence-corrected chi connectivity index (χ1v) is 19.2. The number of terminal acetylenes is 1. The lowest BCUT2D eigenvalue weighted by Gasteiger charge is -2.34. The average molecular weight is 810 g/mol. The number of nitrogens with zero attached hydrogens (tertiary/aromatic N) is 3. The summed E-state index contributed by atoms with van der Waals surface area (Å²) >= 11 is 0. The Kier molecular flexibility index (Phi) is 24.9. The van der Waals surface area contributed by atoms with Gasteiger partial charge < -0.3 is 5.32 Å². The van der Waals surface area contributed by atoms with Crippen LogP contribution in [-0.2, 0) is 9.59 Å². The Balaban J connectivity index is -0.000000106. The average Bonchev–Trinajstić information content (AvgIpc) is 4.07. The Morgan fingerprint density at radius 2 is 1.18 bits per heavy atom. The molecule has 1 heterocycles. The molecule has 1 aromatic carbocycles. The number of fused-ring (bicyclic) bond motifs is 1. The largest absolute Gasteiger partial charge is 0.351 e. The van der Waals surface area contributed by atoms with Gasteiger partial charge in [-0.2, -0.15) is 0 Å². The van der Waals surface area contributed by atoms with Crippen molar-refractivity contribution >= 4 is 11.7 Å². The molecule has 0 aromatic heterocycles. The maximum absolute atomic E-state index is 13.0. The third-order valence-corrected chi connectivity index (χ3v) is 9.77. The second-order valence-corrected chi connectivity index (χ2v) is 13.4. The van der Waals surface area contributed by atoms with Gasteiger partial charge in [-0.1, -0.05) is 55.5 Å². The molecule has 4 aliphatic rings. The zero-order chi connectivity index (χ0) is 43.5. The van der Waals surface area contributed by atoms with Crippen LogP contribution < -0.4 is 5.32 Å². The van der Waals surface area contributed by atoms with Crippen LogP contribution in [0.2, 0.25) is 0 Å². The number of likely N-dealkylation sites (tertiary alicyclic amines) is 1. The van der Waals surface area contributed by atoms with Crippen LogP contribution >= 0.6 is 0 Å². The number of nitrogens with one attached hydrogen (secondary N) is 2. The summed E-state index contributed by atoms with van der Waals surface area (Å²) < 4.78 is 0. The highest BCUT2D eigenvalue weighted by Crippen LogP contribution is 2.48. The summed E-state index contributed by atoms with van der Waals surface area (Å²) in [6.45, 7) is 4.14. The fourth-order valence-corrected chi connectivity index (χ4v) is 7.22. The fourth-order valence-electron chi connectivity index (χ4n) is 7.22. The Bertz CT molecular complexity index is 2500. The van der Waals surface area contributed by atoms with Gasteiger partial charge in [-0.15, -0.1) is 12.0 Å². The van der Waals surface area contributed by atoms with Crippen molar-refractivity contribution in [2.45, 2.75) is 76.7 Å². The predicted molar refractivity (Wildman–Crippen MR) is 258 cm³/mol. The third kappa shape index (κ3) is 19.7. The first-order valence-electron chi connectivity index (χ1n) is 19.2. The number of hydrogen-bond donors (Lipinski definition) is 2. The van der Waals surface area contributed by atoms with Crippen molar-refractivity contribution in [3.63, 3.8) is 0 Å². The SMILES string of the molecule is C#CC#CC#CC#CC#CC#CC#CC#CC#CC#CC#CC#CC.O=C(CN1CCC(c2ccccc2)CC1)NC1C(C(=O)C2CC2)CC2CCCCC21.O=O.[HH].[HH].[HH].[HH].[HH].[HH].[HH].[HH].[HH].[HH].[HH].[N-]=[N+]=N. The Morgan fingerprint density at radius 1 is 0.733 bits per heavy atom. The lowest BCUT2D eigenvalue weighted by molar-refractivity contribution is -0.127. The second kappa shape index (κ2) is 31.1. The van der Waals surface area contributed by atoms with Crippen molar-refractivity contribution in [3.05, 3.63) is 56.3 Å². The molecule has 60 heavy (non-hydrogen) atoms. The first-order chi connectivity index (χ1) is 29.5. The van der Waals surface area contributed by atoms with Gasteiger partial charge in [0.15, 0.2) is 0 Å². The molecule has 4 unspecified atom stereocenters. The number of ketones is 1. The fraction of sp³-hybridized carbons (Fsp3) is 0.373. The number of carbonyl (C=O) groups is 2. The molecule has 5 rings (SSSR count). The molecular weight excluding hydrogens is 747 g/mol. The van der Waals surface area contributed by atoms with E-state index in [1.807, 2.05) is 0 Å². The van der Waals surface area contributed by atoms with Crippen LogP contribution in [0.1, 0.15) is 91.9 Å². The van der Waals surface area contributed by atoms with E-state index in [2.05, 4.69) is 177 Å². The molecule has 9 nitrogen and oxygen atoms in total. The van der Waals surface area contributed by atoms with Crippen molar-refractivity contribution < 1.29 is 25.3 Å². The van der Waals surface area contributed by atoms with Crippen molar-refractivity contribution in [3.8, 4) is 143 Å². The number of piperidine rings is 1. The Morgan fingerprint density at radius 3 is 1.63 bits per heavy atom. The van der Waals surface area contributed by atoms with Crippen LogP contribution in [0.25, 0.3) is 10.4 Å². The van der Waals surface area contributed by atoms with Gasteiger partial charge in [0, 0.05) is 79.0 Å². The van der Waals surface area contributed by atoms with Gasteiger partial charge in [0.1, 0.15) is 5.78 Å². The smallest absolute Gasteiger partial charge is 0.234 e. The molecule has 4 atom stereocenters. The number of hydrogen-bond acceptors (Lipinski definition) is 6. The quantitative estimate of drug-likeness (QED) is 0.128. The van der Waals surface area contributed by atoms with Gasteiger partial charge in [-0.3, -0.25) is 14.5 Å². The molecule has 2 N–H and O–H groups in total. The van der Waals surface area contributed by atoms with E-state index >= 15 is 0 Å². The van der Waals surface area contributed by atoms with Crippen molar-refractivity contribution in [1.29, 1.82) is 5.53 Å². The second-order valence-electron chi connectivity index (χ2n) is 13.4.